The minimum absolute atomic E-state index is 0.300. The fraction of sp³-hybridized carbons (Fsp3) is 0.133. The van der Waals surface area contributed by atoms with Crippen LogP contribution in [0.5, 0.6) is 0 Å². The summed E-state index contributed by atoms with van der Waals surface area (Å²) in [7, 11) is 0. The van der Waals surface area contributed by atoms with Crippen molar-refractivity contribution >= 4 is 16.9 Å². The predicted octanol–water partition coefficient (Wildman–Crippen LogP) is 3.30. The first-order valence-corrected chi connectivity index (χ1v) is 6.25. The highest BCUT2D eigenvalue weighted by Gasteiger charge is 2.01. The summed E-state index contributed by atoms with van der Waals surface area (Å²) >= 11 is 0. The Hall–Kier alpha value is -2.49. The summed E-state index contributed by atoms with van der Waals surface area (Å²) in [6, 6.07) is 9.95. The molecule has 0 saturated heterocycles. The van der Waals surface area contributed by atoms with Crippen LogP contribution in [0.1, 0.15) is 13.8 Å². The minimum atomic E-state index is 0.300. The minimum Gasteiger partial charge on any atom is -0.368 e. The third-order valence-corrected chi connectivity index (χ3v) is 2.61. The summed E-state index contributed by atoms with van der Waals surface area (Å²) in [6.07, 6.45) is 5.29. The molecule has 3 rings (SSSR count). The molecule has 19 heavy (non-hydrogen) atoms. The summed E-state index contributed by atoms with van der Waals surface area (Å²) in [4.78, 5) is 12.2. The van der Waals surface area contributed by atoms with E-state index in [4.69, 9.17) is 5.73 Å². The topological polar surface area (TPSA) is 64.7 Å². The molecule has 0 saturated carbocycles. The van der Waals surface area contributed by atoms with Gasteiger partial charge in [-0.1, -0.05) is 19.9 Å². The molecule has 0 unspecified atom stereocenters. The molecule has 0 spiro atoms. The second kappa shape index (κ2) is 5.91. The first kappa shape index (κ1) is 13.0. The Morgan fingerprint density at radius 1 is 0.947 bits per heavy atom. The number of nitrogen functional groups attached to an aromatic ring is 1. The molecule has 0 aliphatic heterocycles. The molecular weight excluding hydrogens is 236 g/mol. The summed E-state index contributed by atoms with van der Waals surface area (Å²) < 4.78 is 0. The zero-order valence-corrected chi connectivity index (χ0v) is 11.0. The van der Waals surface area contributed by atoms with Crippen molar-refractivity contribution in [3.05, 3.63) is 48.9 Å². The SMILES string of the molecule is CC.Nc1ncc2cc(-c3ccncc3)ccc2n1. The van der Waals surface area contributed by atoms with Crippen LogP contribution in [0.15, 0.2) is 48.9 Å². The molecule has 0 bridgehead atoms. The van der Waals surface area contributed by atoms with Gasteiger partial charge in [-0.2, -0.15) is 0 Å². The highest BCUT2D eigenvalue weighted by molar-refractivity contribution is 5.84. The zero-order chi connectivity index (χ0) is 13.7. The van der Waals surface area contributed by atoms with Gasteiger partial charge in [-0.15, -0.1) is 0 Å². The second-order valence-electron chi connectivity index (χ2n) is 3.74. The summed E-state index contributed by atoms with van der Waals surface area (Å²) in [5, 5.41) is 0.980. The van der Waals surface area contributed by atoms with Crippen LogP contribution in [0.25, 0.3) is 22.0 Å². The van der Waals surface area contributed by atoms with E-state index in [-0.39, 0.29) is 0 Å². The lowest BCUT2D eigenvalue weighted by Gasteiger charge is -2.03. The van der Waals surface area contributed by atoms with Crippen LogP contribution in [-0.4, -0.2) is 15.0 Å². The number of benzene rings is 1. The highest BCUT2D eigenvalue weighted by Crippen LogP contribution is 2.22. The lowest BCUT2D eigenvalue weighted by molar-refractivity contribution is 1.24. The van der Waals surface area contributed by atoms with Gasteiger partial charge in [0.05, 0.1) is 5.52 Å². The van der Waals surface area contributed by atoms with Crippen molar-refractivity contribution in [2.24, 2.45) is 0 Å². The third kappa shape index (κ3) is 2.85. The zero-order valence-electron chi connectivity index (χ0n) is 11.0. The predicted molar refractivity (Wildman–Crippen MR) is 78.5 cm³/mol. The largest absolute Gasteiger partial charge is 0.368 e. The lowest BCUT2D eigenvalue weighted by Crippen LogP contribution is -1.93. The molecule has 0 fully saturated rings. The first-order chi connectivity index (χ1) is 9.33. The first-order valence-electron chi connectivity index (χ1n) is 6.25. The number of rotatable bonds is 1. The maximum atomic E-state index is 5.54. The molecule has 2 aromatic heterocycles. The molecule has 4 nitrogen and oxygen atoms in total. The van der Waals surface area contributed by atoms with Gasteiger partial charge in [0.2, 0.25) is 5.95 Å². The summed E-state index contributed by atoms with van der Waals surface area (Å²) in [5.41, 5.74) is 8.64. The molecule has 0 aliphatic carbocycles. The summed E-state index contributed by atoms with van der Waals surface area (Å²) in [6.45, 7) is 4.00. The Kier molecular flexibility index (Phi) is 4.03. The Morgan fingerprint density at radius 2 is 1.68 bits per heavy atom. The Labute approximate surface area is 112 Å². The van der Waals surface area contributed by atoms with E-state index in [9.17, 15) is 0 Å². The lowest BCUT2D eigenvalue weighted by atomic mass is 10.1. The van der Waals surface area contributed by atoms with Gasteiger partial charge >= 0.3 is 0 Å². The third-order valence-electron chi connectivity index (χ3n) is 2.61. The fourth-order valence-corrected chi connectivity index (χ4v) is 1.77. The number of nitrogens with zero attached hydrogens (tertiary/aromatic N) is 3. The molecule has 0 radical (unpaired) electrons. The summed E-state index contributed by atoms with van der Waals surface area (Å²) in [5.74, 6) is 0.300. The van der Waals surface area contributed by atoms with Crippen LogP contribution in [0, 0.1) is 0 Å². The molecular formula is C15H16N4. The molecule has 2 heterocycles. The molecule has 4 heteroatoms. The van der Waals surface area contributed by atoms with Gasteiger partial charge in [0.1, 0.15) is 0 Å². The van der Waals surface area contributed by atoms with Crippen molar-refractivity contribution in [3.63, 3.8) is 0 Å². The van der Waals surface area contributed by atoms with Gasteiger partial charge < -0.3 is 5.73 Å². The van der Waals surface area contributed by atoms with Crippen molar-refractivity contribution in [1.82, 2.24) is 15.0 Å². The van der Waals surface area contributed by atoms with Crippen molar-refractivity contribution in [2.75, 3.05) is 5.73 Å². The van der Waals surface area contributed by atoms with Crippen LogP contribution in [0.3, 0.4) is 0 Å². The van der Waals surface area contributed by atoms with Gasteiger partial charge in [0.15, 0.2) is 0 Å². The van der Waals surface area contributed by atoms with Crippen LogP contribution in [-0.2, 0) is 0 Å². The van der Waals surface area contributed by atoms with Crippen molar-refractivity contribution in [2.45, 2.75) is 13.8 Å². The maximum absolute atomic E-state index is 5.54. The van der Waals surface area contributed by atoms with Gasteiger partial charge in [0, 0.05) is 24.0 Å². The monoisotopic (exact) mass is 252 g/mol. The molecule has 96 valence electrons. The molecule has 1 aromatic carbocycles. The van der Waals surface area contributed by atoms with Gasteiger partial charge in [0.25, 0.3) is 0 Å². The van der Waals surface area contributed by atoms with E-state index in [1.54, 1.807) is 18.6 Å². The van der Waals surface area contributed by atoms with Crippen molar-refractivity contribution < 1.29 is 0 Å². The second-order valence-corrected chi connectivity index (χ2v) is 3.74. The van der Waals surface area contributed by atoms with E-state index in [1.807, 2.05) is 44.2 Å². The van der Waals surface area contributed by atoms with Gasteiger partial charge in [-0.25, -0.2) is 9.97 Å². The number of pyridine rings is 1. The molecule has 2 N–H and O–H groups in total. The van der Waals surface area contributed by atoms with Crippen LogP contribution in [0.2, 0.25) is 0 Å². The van der Waals surface area contributed by atoms with Crippen LogP contribution < -0.4 is 5.73 Å². The van der Waals surface area contributed by atoms with Crippen LogP contribution in [0.4, 0.5) is 5.95 Å². The number of anilines is 1. The number of hydrogen-bond donors (Lipinski definition) is 1. The van der Waals surface area contributed by atoms with E-state index < -0.39 is 0 Å². The average molecular weight is 252 g/mol. The Morgan fingerprint density at radius 3 is 2.42 bits per heavy atom. The quantitative estimate of drug-likeness (QED) is 0.721. The molecule has 0 aliphatic rings. The smallest absolute Gasteiger partial charge is 0.220 e. The number of hydrogen-bond acceptors (Lipinski definition) is 4. The van der Waals surface area contributed by atoms with E-state index in [0.29, 0.717) is 5.95 Å². The number of nitrogens with two attached hydrogens (primary N) is 1. The number of aromatic nitrogens is 3. The van der Waals surface area contributed by atoms with E-state index >= 15 is 0 Å². The maximum Gasteiger partial charge on any atom is 0.220 e. The van der Waals surface area contributed by atoms with Crippen molar-refractivity contribution in [1.29, 1.82) is 0 Å². The fourth-order valence-electron chi connectivity index (χ4n) is 1.77. The molecule has 0 amide bonds. The normalized spacial score (nSPS) is 9.79. The van der Waals surface area contributed by atoms with E-state index in [1.165, 1.54) is 0 Å². The average Bonchev–Trinajstić information content (AvgIpc) is 2.49. The molecule has 3 aromatic rings. The van der Waals surface area contributed by atoms with Crippen LogP contribution >= 0.6 is 0 Å². The Bertz CT molecular complexity index is 665. The van der Waals surface area contributed by atoms with E-state index in [0.717, 1.165) is 22.0 Å². The Balaban J connectivity index is 0.000000637. The van der Waals surface area contributed by atoms with E-state index in [2.05, 4.69) is 15.0 Å². The standard InChI is InChI=1S/C13H10N4.C2H6/c14-13-16-8-11-7-10(1-2-12(11)17-13)9-3-5-15-6-4-9;1-2/h1-8H,(H2,14,16,17);1-2H3. The molecule has 0 atom stereocenters. The van der Waals surface area contributed by atoms with Crippen molar-refractivity contribution in [3.8, 4) is 11.1 Å². The number of fused-ring (bicyclic) bond motifs is 1. The van der Waals surface area contributed by atoms with Gasteiger partial charge in [-0.3, -0.25) is 4.98 Å². The van der Waals surface area contributed by atoms with Gasteiger partial charge in [-0.05, 0) is 35.4 Å². The highest BCUT2D eigenvalue weighted by atomic mass is 15.0.